The number of hydrogen-bond donors (Lipinski definition) is 3. The van der Waals surface area contributed by atoms with E-state index in [1.165, 1.54) is 54.4 Å². The highest BCUT2D eigenvalue weighted by Crippen LogP contribution is 2.32. The standard InChI is InChI=1S/C16H25N5OS/c1-21(18)16(20-17)23-11-15(22)19-14-9-7-13(8-10-14)12-5-3-2-4-6-12/h7-10,12H,2-6,11,17-18H2,1H3,(H,19,22)/b20-16+. The Morgan fingerprint density at radius 2 is 1.96 bits per heavy atom. The summed E-state index contributed by atoms with van der Waals surface area (Å²) in [4.78, 5) is 12.0. The molecule has 0 atom stereocenters. The van der Waals surface area contributed by atoms with Gasteiger partial charge >= 0.3 is 0 Å². The summed E-state index contributed by atoms with van der Waals surface area (Å²) in [5.41, 5.74) is 2.18. The van der Waals surface area contributed by atoms with Crippen LogP contribution in [0.25, 0.3) is 0 Å². The molecule has 0 saturated heterocycles. The third-order valence-corrected chi connectivity index (χ3v) is 5.07. The Kier molecular flexibility index (Phi) is 6.73. The SMILES string of the molecule is CN(N)/C(=N\N)SCC(=O)Nc1ccc(C2CCCCC2)cc1. The molecule has 126 valence electrons. The van der Waals surface area contributed by atoms with Crippen LogP contribution in [0.15, 0.2) is 29.4 Å². The summed E-state index contributed by atoms with van der Waals surface area (Å²) in [6.07, 6.45) is 6.54. The molecule has 0 aromatic heterocycles. The third-order valence-electron chi connectivity index (χ3n) is 4.02. The number of hydrazone groups is 1. The average Bonchev–Trinajstić information content (AvgIpc) is 2.56. The van der Waals surface area contributed by atoms with Gasteiger partial charge in [0.05, 0.1) is 5.75 Å². The number of nitrogens with one attached hydrogen (secondary N) is 1. The first-order valence-corrected chi connectivity index (χ1v) is 8.87. The van der Waals surface area contributed by atoms with Crippen molar-refractivity contribution in [3.63, 3.8) is 0 Å². The van der Waals surface area contributed by atoms with Gasteiger partial charge in [-0.15, -0.1) is 0 Å². The molecule has 1 amide bonds. The van der Waals surface area contributed by atoms with E-state index in [0.717, 1.165) is 5.69 Å². The first-order valence-electron chi connectivity index (χ1n) is 7.89. The number of carbonyl (C=O) groups is 1. The number of nitrogens with two attached hydrogens (primary N) is 2. The van der Waals surface area contributed by atoms with Gasteiger partial charge in [-0.25, -0.2) is 5.84 Å². The maximum Gasteiger partial charge on any atom is 0.234 e. The summed E-state index contributed by atoms with van der Waals surface area (Å²) in [6, 6.07) is 8.19. The fourth-order valence-electron chi connectivity index (χ4n) is 2.83. The number of anilines is 1. The first kappa shape index (κ1) is 17.6. The molecule has 1 aromatic carbocycles. The molecule has 0 bridgehead atoms. The summed E-state index contributed by atoms with van der Waals surface area (Å²) in [5.74, 6) is 11.5. The van der Waals surface area contributed by atoms with Gasteiger partial charge in [-0.05, 0) is 36.5 Å². The van der Waals surface area contributed by atoms with Crippen LogP contribution in [0, 0.1) is 0 Å². The second kappa shape index (κ2) is 8.79. The number of carbonyl (C=O) groups excluding carboxylic acids is 1. The lowest BCUT2D eigenvalue weighted by Crippen LogP contribution is -2.33. The van der Waals surface area contributed by atoms with Gasteiger partial charge in [0.15, 0.2) is 5.17 Å². The van der Waals surface area contributed by atoms with Crippen molar-refractivity contribution in [2.75, 3.05) is 18.1 Å². The fourth-order valence-corrected chi connectivity index (χ4v) is 3.44. The van der Waals surface area contributed by atoms with E-state index in [1.54, 1.807) is 7.05 Å². The lowest BCUT2D eigenvalue weighted by Gasteiger charge is -2.22. The van der Waals surface area contributed by atoms with Crippen molar-refractivity contribution in [2.45, 2.75) is 38.0 Å². The van der Waals surface area contributed by atoms with Crippen LogP contribution in [-0.2, 0) is 4.79 Å². The van der Waals surface area contributed by atoms with Gasteiger partial charge in [0, 0.05) is 12.7 Å². The van der Waals surface area contributed by atoms with Crippen LogP contribution in [0.1, 0.15) is 43.6 Å². The van der Waals surface area contributed by atoms with E-state index in [4.69, 9.17) is 11.7 Å². The normalized spacial score (nSPS) is 16.2. The van der Waals surface area contributed by atoms with Crippen molar-refractivity contribution in [3.05, 3.63) is 29.8 Å². The van der Waals surface area contributed by atoms with E-state index in [0.29, 0.717) is 11.1 Å². The monoisotopic (exact) mass is 335 g/mol. The van der Waals surface area contributed by atoms with E-state index in [2.05, 4.69) is 22.6 Å². The molecule has 1 fully saturated rings. The molecule has 2 rings (SSSR count). The molecule has 0 heterocycles. The summed E-state index contributed by atoms with van der Waals surface area (Å²) in [6.45, 7) is 0. The van der Waals surface area contributed by atoms with Gasteiger partial charge in [0.1, 0.15) is 0 Å². The molecule has 1 aromatic rings. The summed E-state index contributed by atoms with van der Waals surface area (Å²) in [5, 5.41) is 8.10. The van der Waals surface area contributed by atoms with Crippen molar-refractivity contribution in [1.29, 1.82) is 0 Å². The second-order valence-corrected chi connectivity index (χ2v) is 6.76. The van der Waals surface area contributed by atoms with E-state index in [-0.39, 0.29) is 11.7 Å². The highest BCUT2D eigenvalue weighted by Gasteiger charge is 2.15. The summed E-state index contributed by atoms with van der Waals surface area (Å²) < 4.78 is 0. The Morgan fingerprint density at radius 3 is 2.52 bits per heavy atom. The van der Waals surface area contributed by atoms with E-state index < -0.39 is 0 Å². The van der Waals surface area contributed by atoms with Crippen molar-refractivity contribution in [1.82, 2.24) is 5.01 Å². The molecule has 1 saturated carbocycles. The van der Waals surface area contributed by atoms with Gasteiger partial charge in [-0.1, -0.05) is 43.2 Å². The zero-order valence-corrected chi connectivity index (χ0v) is 14.3. The van der Waals surface area contributed by atoms with Crippen LogP contribution < -0.4 is 17.0 Å². The topological polar surface area (TPSA) is 96.7 Å². The minimum atomic E-state index is -0.108. The van der Waals surface area contributed by atoms with Crippen molar-refractivity contribution in [2.24, 2.45) is 16.8 Å². The van der Waals surface area contributed by atoms with Gasteiger partial charge in [0.2, 0.25) is 5.91 Å². The molecular weight excluding hydrogens is 310 g/mol. The second-order valence-electron chi connectivity index (χ2n) is 5.82. The number of hydrogen-bond acceptors (Lipinski definition) is 5. The molecule has 0 spiro atoms. The Morgan fingerprint density at radius 1 is 1.30 bits per heavy atom. The van der Waals surface area contributed by atoms with Crippen molar-refractivity contribution >= 4 is 28.5 Å². The summed E-state index contributed by atoms with van der Waals surface area (Å²) >= 11 is 1.20. The van der Waals surface area contributed by atoms with Crippen LogP contribution >= 0.6 is 11.8 Å². The summed E-state index contributed by atoms with van der Waals surface area (Å²) in [7, 11) is 1.63. The van der Waals surface area contributed by atoms with Gasteiger partial charge in [-0.2, -0.15) is 5.10 Å². The number of nitrogens with zero attached hydrogens (tertiary/aromatic N) is 2. The Labute approximate surface area is 141 Å². The molecule has 6 nitrogen and oxygen atoms in total. The van der Waals surface area contributed by atoms with E-state index in [1.807, 2.05) is 12.1 Å². The van der Waals surface area contributed by atoms with Gasteiger partial charge < -0.3 is 11.2 Å². The number of rotatable bonds is 4. The van der Waals surface area contributed by atoms with Crippen LogP contribution in [0.2, 0.25) is 0 Å². The number of benzene rings is 1. The number of amidine groups is 1. The molecule has 0 aliphatic heterocycles. The minimum absolute atomic E-state index is 0.108. The maximum atomic E-state index is 12.0. The van der Waals surface area contributed by atoms with E-state index in [9.17, 15) is 4.79 Å². The Bertz CT molecular complexity index is 538. The average molecular weight is 335 g/mol. The van der Waals surface area contributed by atoms with Crippen molar-refractivity contribution < 1.29 is 4.79 Å². The molecule has 1 aliphatic rings. The highest BCUT2D eigenvalue weighted by molar-refractivity contribution is 8.14. The number of thioether (sulfide) groups is 1. The first-order chi connectivity index (χ1) is 11.1. The predicted octanol–water partition coefficient (Wildman–Crippen LogP) is 2.44. The lowest BCUT2D eigenvalue weighted by atomic mass is 9.84. The lowest BCUT2D eigenvalue weighted by molar-refractivity contribution is -0.113. The molecular formula is C16H25N5OS. The molecule has 0 radical (unpaired) electrons. The highest BCUT2D eigenvalue weighted by atomic mass is 32.2. The number of amides is 1. The maximum absolute atomic E-state index is 12.0. The van der Waals surface area contributed by atoms with Crippen molar-refractivity contribution in [3.8, 4) is 0 Å². The van der Waals surface area contributed by atoms with Crippen LogP contribution in [0.4, 0.5) is 5.69 Å². The third kappa shape index (κ3) is 5.44. The molecule has 7 heteroatoms. The molecule has 1 aliphatic carbocycles. The number of hydrazine groups is 1. The smallest absolute Gasteiger partial charge is 0.234 e. The molecule has 23 heavy (non-hydrogen) atoms. The van der Waals surface area contributed by atoms with Gasteiger partial charge in [0.25, 0.3) is 0 Å². The largest absolute Gasteiger partial charge is 0.325 e. The van der Waals surface area contributed by atoms with Crippen LogP contribution in [-0.4, -0.2) is 28.9 Å². The Hall–Kier alpha value is -1.73. The fraction of sp³-hybridized carbons (Fsp3) is 0.500. The van der Waals surface area contributed by atoms with Crippen LogP contribution in [0.5, 0.6) is 0 Å². The zero-order chi connectivity index (χ0) is 16.7. The van der Waals surface area contributed by atoms with Gasteiger partial charge in [-0.3, -0.25) is 9.80 Å². The minimum Gasteiger partial charge on any atom is -0.325 e. The Balaban J connectivity index is 1.84. The molecule has 5 N–H and O–H groups in total. The predicted molar refractivity (Wildman–Crippen MR) is 96.9 cm³/mol. The molecule has 0 unspecified atom stereocenters. The quantitative estimate of drug-likeness (QED) is 0.340. The van der Waals surface area contributed by atoms with E-state index >= 15 is 0 Å². The zero-order valence-electron chi connectivity index (χ0n) is 13.5. The van der Waals surface area contributed by atoms with Crippen LogP contribution in [0.3, 0.4) is 0 Å².